The van der Waals surface area contributed by atoms with Crippen LogP contribution in [0.2, 0.25) is 0 Å². The minimum atomic E-state index is -3.20. The first-order valence-corrected chi connectivity index (χ1v) is 8.30. The molecular weight excluding hydrogens is 236 g/mol. The molecule has 17 heavy (non-hydrogen) atoms. The van der Waals surface area contributed by atoms with Gasteiger partial charge in [-0.2, -0.15) is 0 Å². The third kappa shape index (κ3) is 2.83. The number of hydrogen-bond acceptors (Lipinski definition) is 3. The van der Waals surface area contributed by atoms with Crippen molar-refractivity contribution in [2.45, 2.75) is 44.3 Å². The average molecular weight is 260 g/mol. The average Bonchev–Trinajstić information content (AvgIpc) is 2.89. The van der Waals surface area contributed by atoms with Gasteiger partial charge in [-0.3, -0.25) is 0 Å². The molecule has 0 spiro atoms. The van der Waals surface area contributed by atoms with Crippen LogP contribution in [0.15, 0.2) is 0 Å². The summed E-state index contributed by atoms with van der Waals surface area (Å²) < 4.78 is 26.7. The predicted molar refractivity (Wildman–Crippen MR) is 69.0 cm³/mol. The highest BCUT2D eigenvalue weighted by atomic mass is 32.2. The molecule has 0 aliphatic heterocycles. The molecule has 4 unspecified atom stereocenters. The highest BCUT2D eigenvalue weighted by Crippen LogP contribution is 2.47. The third-order valence-electron chi connectivity index (χ3n) is 4.59. The predicted octanol–water partition coefficient (Wildman–Crippen LogP) is 1.08. The topological polar surface area (TPSA) is 72.2 Å². The van der Waals surface area contributed by atoms with E-state index in [1.807, 2.05) is 6.92 Å². The van der Waals surface area contributed by atoms with Crippen LogP contribution in [-0.4, -0.2) is 26.8 Å². The summed E-state index contributed by atoms with van der Waals surface area (Å²) >= 11 is 0. The van der Waals surface area contributed by atoms with E-state index in [1.165, 1.54) is 25.7 Å². The van der Waals surface area contributed by atoms with Crippen LogP contribution < -0.4 is 10.5 Å². The molecular formula is C12H24N2O2S. The van der Waals surface area contributed by atoms with Crippen molar-refractivity contribution in [1.82, 2.24) is 4.72 Å². The monoisotopic (exact) mass is 260 g/mol. The van der Waals surface area contributed by atoms with Gasteiger partial charge in [-0.15, -0.1) is 0 Å². The molecule has 0 aromatic heterocycles. The van der Waals surface area contributed by atoms with E-state index in [2.05, 4.69) is 4.72 Å². The van der Waals surface area contributed by atoms with E-state index in [4.69, 9.17) is 5.73 Å². The molecule has 4 nitrogen and oxygen atoms in total. The van der Waals surface area contributed by atoms with Gasteiger partial charge in [0, 0.05) is 13.1 Å². The molecule has 0 aromatic rings. The Kier molecular flexibility index (Phi) is 4.10. The van der Waals surface area contributed by atoms with Crippen molar-refractivity contribution >= 4 is 10.0 Å². The van der Waals surface area contributed by atoms with Crippen molar-refractivity contribution < 1.29 is 8.42 Å². The molecule has 0 aromatic carbocycles. The number of fused-ring (bicyclic) bond motifs is 2. The van der Waals surface area contributed by atoms with Gasteiger partial charge in [0.25, 0.3) is 0 Å². The molecule has 2 bridgehead atoms. The fraction of sp³-hybridized carbons (Fsp3) is 1.00. The maximum Gasteiger partial charge on any atom is 0.215 e. The van der Waals surface area contributed by atoms with Crippen LogP contribution in [0.3, 0.4) is 0 Å². The summed E-state index contributed by atoms with van der Waals surface area (Å²) in [7, 11) is -3.20. The molecule has 2 aliphatic carbocycles. The standard InChI is InChI=1S/C12H24N2O2S/c1-2-12(7-13)17(15,16)14-8-11-6-9-3-4-10(11)5-9/h9-12,14H,2-8,13H2,1H3. The van der Waals surface area contributed by atoms with Gasteiger partial charge >= 0.3 is 0 Å². The number of nitrogens with two attached hydrogens (primary N) is 1. The van der Waals surface area contributed by atoms with Crippen LogP contribution in [0.4, 0.5) is 0 Å². The molecule has 2 rings (SSSR count). The highest BCUT2D eigenvalue weighted by molar-refractivity contribution is 7.90. The molecule has 0 radical (unpaired) electrons. The van der Waals surface area contributed by atoms with Crippen LogP contribution in [-0.2, 0) is 10.0 Å². The van der Waals surface area contributed by atoms with Crippen LogP contribution >= 0.6 is 0 Å². The second-order valence-corrected chi connectivity index (χ2v) is 7.64. The number of nitrogens with one attached hydrogen (secondary N) is 1. The smallest absolute Gasteiger partial charge is 0.215 e. The normalized spacial score (nSPS) is 34.1. The third-order valence-corrected chi connectivity index (χ3v) is 6.56. The molecule has 2 fully saturated rings. The summed E-state index contributed by atoms with van der Waals surface area (Å²) in [5.41, 5.74) is 5.49. The molecule has 4 atom stereocenters. The molecule has 0 amide bonds. The van der Waals surface area contributed by atoms with Crippen molar-refractivity contribution in [1.29, 1.82) is 0 Å². The van der Waals surface area contributed by atoms with Gasteiger partial charge in [0.2, 0.25) is 10.0 Å². The summed E-state index contributed by atoms with van der Waals surface area (Å²) in [5.74, 6) is 2.20. The second kappa shape index (κ2) is 5.24. The Morgan fingerprint density at radius 1 is 1.35 bits per heavy atom. The Balaban J connectivity index is 1.85. The van der Waals surface area contributed by atoms with Gasteiger partial charge in [0.15, 0.2) is 0 Å². The summed E-state index contributed by atoms with van der Waals surface area (Å²) in [4.78, 5) is 0. The van der Waals surface area contributed by atoms with E-state index in [0.29, 0.717) is 18.9 Å². The van der Waals surface area contributed by atoms with Crippen LogP contribution in [0.1, 0.15) is 39.0 Å². The van der Waals surface area contributed by atoms with Crippen LogP contribution in [0, 0.1) is 17.8 Å². The highest BCUT2D eigenvalue weighted by Gasteiger charge is 2.39. The lowest BCUT2D eigenvalue weighted by Gasteiger charge is -2.23. The van der Waals surface area contributed by atoms with E-state index in [-0.39, 0.29) is 6.54 Å². The first-order valence-electron chi connectivity index (χ1n) is 6.75. The first kappa shape index (κ1) is 13.3. The van der Waals surface area contributed by atoms with Gasteiger partial charge < -0.3 is 5.73 Å². The van der Waals surface area contributed by atoms with Crippen molar-refractivity contribution in [3.63, 3.8) is 0 Å². The SMILES string of the molecule is CCC(CN)S(=O)(=O)NCC1CC2CCC1C2. The van der Waals surface area contributed by atoms with Gasteiger partial charge in [-0.1, -0.05) is 13.3 Å². The van der Waals surface area contributed by atoms with Crippen molar-refractivity contribution in [2.24, 2.45) is 23.5 Å². The number of sulfonamides is 1. The Labute approximate surface area is 104 Å². The summed E-state index contributed by atoms with van der Waals surface area (Å²) in [5, 5.41) is -0.430. The van der Waals surface area contributed by atoms with Gasteiger partial charge in [0.05, 0.1) is 5.25 Å². The van der Waals surface area contributed by atoms with Crippen molar-refractivity contribution in [3.05, 3.63) is 0 Å². The van der Waals surface area contributed by atoms with E-state index < -0.39 is 15.3 Å². The Hall–Kier alpha value is -0.130. The summed E-state index contributed by atoms with van der Waals surface area (Å²) in [6.45, 7) is 2.71. The van der Waals surface area contributed by atoms with Gasteiger partial charge in [0.1, 0.15) is 0 Å². The largest absolute Gasteiger partial charge is 0.329 e. The quantitative estimate of drug-likeness (QED) is 0.750. The van der Waals surface area contributed by atoms with Crippen LogP contribution in [0.25, 0.3) is 0 Å². The van der Waals surface area contributed by atoms with Gasteiger partial charge in [-0.25, -0.2) is 13.1 Å². The van der Waals surface area contributed by atoms with E-state index in [0.717, 1.165) is 11.8 Å². The Morgan fingerprint density at radius 3 is 2.59 bits per heavy atom. The zero-order valence-electron chi connectivity index (χ0n) is 10.6. The molecule has 2 saturated carbocycles. The number of hydrogen-bond donors (Lipinski definition) is 2. The molecule has 2 aliphatic rings. The number of rotatable bonds is 6. The van der Waals surface area contributed by atoms with Gasteiger partial charge in [-0.05, 0) is 43.4 Å². The zero-order valence-corrected chi connectivity index (χ0v) is 11.4. The maximum atomic E-state index is 12.0. The lowest BCUT2D eigenvalue weighted by Crippen LogP contribution is -2.41. The first-order chi connectivity index (χ1) is 8.06. The van der Waals surface area contributed by atoms with E-state index in [1.54, 1.807) is 0 Å². The Morgan fingerprint density at radius 2 is 2.12 bits per heavy atom. The van der Waals surface area contributed by atoms with E-state index >= 15 is 0 Å². The molecule has 0 saturated heterocycles. The lowest BCUT2D eigenvalue weighted by molar-refractivity contribution is 0.332. The van der Waals surface area contributed by atoms with Crippen LogP contribution in [0.5, 0.6) is 0 Å². The zero-order chi connectivity index (χ0) is 12.5. The van der Waals surface area contributed by atoms with Crippen molar-refractivity contribution in [3.8, 4) is 0 Å². The fourth-order valence-electron chi connectivity index (χ4n) is 3.48. The van der Waals surface area contributed by atoms with Crippen molar-refractivity contribution in [2.75, 3.05) is 13.1 Å². The fourth-order valence-corrected chi connectivity index (χ4v) is 4.85. The van der Waals surface area contributed by atoms with E-state index in [9.17, 15) is 8.42 Å². The minimum Gasteiger partial charge on any atom is -0.329 e. The summed E-state index contributed by atoms with van der Waals surface area (Å²) in [6.07, 6.45) is 5.77. The molecule has 0 heterocycles. The molecule has 5 heteroatoms. The molecule has 100 valence electrons. The Bertz CT molecular complexity index is 352. The lowest BCUT2D eigenvalue weighted by atomic mass is 9.89. The second-order valence-electron chi connectivity index (χ2n) is 5.59. The summed E-state index contributed by atoms with van der Waals surface area (Å²) in [6, 6.07) is 0. The molecule has 3 N–H and O–H groups in total. The minimum absolute atomic E-state index is 0.211. The maximum absolute atomic E-state index is 12.0.